The predicted octanol–water partition coefficient (Wildman–Crippen LogP) is 3.67. The maximum atomic E-state index is 12.4. The summed E-state index contributed by atoms with van der Waals surface area (Å²) in [6, 6.07) is 11.7. The molecule has 1 unspecified atom stereocenters. The zero-order chi connectivity index (χ0) is 16.1. The van der Waals surface area contributed by atoms with Crippen LogP contribution < -0.4 is 4.74 Å². The molecule has 1 atom stereocenters. The molecule has 1 aromatic heterocycles. The Bertz CT molecular complexity index is 641. The average molecular weight is 331 g/mol. The van der Waals surface area contributed by atoms with E-state index >= 15 is 0 Å². The Morgan fingerprint density at radius 3 is 2.96 bits per heavy atom. The van der Waals surface area contributed by atoms with E-state index in [0.717, 1.165) is 42.3 Å². The van der Waals surface area contributed by atoms with Gasteiger partial charge in [0.05, 0.1) is 11.5 Å². The molecule has 1 aliphatic heterocycles. The molecule has 0 N–H and O–H groups in total. The lowest BCUT2D eigenvalue weighted by Crippen LogP contribution is -2.36. The Morgan fingerprint density at radius 1 is 1.30 bits per heavy atom. The van der Waals surface area contributed by atoms with Crippen molar-refractivity contribution in [3.8, 4) is 5.75 Å². The van der Waals surface area contributed by atoms with E-state index in [1.807, 2.05) is 60.0 Å². The second kappa shape index (κ2) is 7.59. The van der Waals surface area contributed by atoms with Gasteiger partial charge in [-0.1, -0.05) is 18.2 Å². The van der Waals surface area contributed by atoms with Gasteiger partial charge in [0, 0.05) is 18.8 Å². The van der Waals surface area contributed by atoms with Gasteiger partial charge in [-0.15, -0.1) is 11.8 Å². The van der Waals surface area contributed by atoms with E-state index in [9.17, 15) is 4.79 Å². The number of hydrogen-bond donors (Lipinski definition) is 0. The van der Waals surface area contributed by atoms with E-state index in [1.165, 1.54) is 0 Å². The number of furan rings is 1. The first kappa shape index (κ1) is 16.0. The average Bonchev–Trinajstić information content (AvgIpc) is 2.98. The van der Waals surface area contributed by atoms with Gasteiger partial charge in [-0.05, 0) is 37.1 Å². The van der Waals surface area contributed by atoms with Gasteiger partial charge in [0.2, 0.25) is 0 Å². The standard InChI is InChI=1S/C18H21NO3S/c1-14-5-2-3-6-15(14)22-13-18(20)19-9-8-17(23-12-10-19)16-7-4-11-21-16/h2-7,11,17H,8-10,12-13H2,1H3. The van der Waals surface area contributed by atoms with Gasteiger partial charge < -0.3 is 14.1 Å². The summed E-state index contributed by atoms with van der Waals surface area (Å²) in [6.45, 7) is 3.59. The van der Waals surface area contributed by atoms with Gasteiger partial charge in [-0.3, -0.25) is 4.79 Å². The van der Waals surface area contributed by atoms with Crippen molar-refractivity contribution in [1.82, 2.24) is 4.90 Å². The Hall–Kier alpha value is -1.88. The fourth-order valence-electron chi connectivity index (χ4n) is 2.67. The third-order valence-corrected chi connectivity index (χ3v) is 5.29. The fourth-order valence-corrected chi connectivity index (χ4v) is 3.85. The normalized spacial score (nSPS) is 18.5. The lowest BCUT2D eigenvalue weighted by atomic mass is 10.2. The first-order valence-corrected chi connectivity index (χ1v) is 8.90. The molecule has 2 aromatic rings. The maximum absolute atomic E-state index is 12.4. The SMILES string of the molecule is Cc1ccccc1OCC(=O)N1CCSC(c2ccco2)CC1. The van der Waals surface area contributed by atoms with Crippen molar-refractivity contribution in [3.05, 3.63) is 54.0 Å². The van der Waals surface area contributed by atoms with Gasteiger partial charge >= 0.3 is 0 Å². The molecule has 1 aromatic carbocycles. The molecule has 2 heterocycles. The van der Waals surface area contributed by atoms with Crippen molar-refractivity contribution in [2.24, 2.45) is 0 Å². The third-order valence-electron chi connectivity index (χ3n) is 4.00. The first-order chi connectivity index (χ1) is 11.2. The highest BCUT2D eigenvalue weighted by atomic mass is 32.2. The number of aryl methyl sites for hydroxylation is 1. The monoisotopic (exact) mass is 331 g/mol. The Kier molecular flexibility index (Phi) is 5.28. The van der Waals surface area contributed by atoms with Gasteiger partial charge in [-0.2, -0.15) is 0 Å². The molecule has 23 heavy (non-hydrogen) atoms. The summed E-state index contributed by atoms with van der Waals surface area (Å²) in [5, 5.41) is 0.333. The number of para-hydroxylation sites is 1. The second-order valence-electron chi connectivity index (χ2n) is 5.60. The van der Waals surface area contributed by atoms with Crippen LogP contribution in [0.3, 0.4) is 0 Å². The van der Waals surface area contributed by atoms with Crippen LogP contribution >= 0.6 is 11.8 Å². The molecule has 1 amide bonds. The molecule has 4 nitrogen and oxygen atoms in total. The molecule has 0 saturated carbocycles. The van der Waals surface area contributed by atoms with Crippen LogP contribution in [-0.4, -0.2) is 36.3 Å². The van der Waals surface area contributed by atoms with Crippen LogP contribution in [0.2, 0.25) is 0 Å². The summed E-state index contributed by atoms with van der Waals surface area (Å²) in [5.41, 5.74) is 1.05. The number of hydrogen-bond acceptors (Lipinski definition) is 4. The smallest absolute Gasteiger partial charge is 0.260 e. The highest BCUT2D eigenvalue weighted by molar-refractivity contribution is 7.99. The van der Waals surface area contributed by atoms with Crippen LogP contribution in [0.4, 0.5) is 0 Å². The quantitative estimate of drug-likeness (QED) is 0.857. The van der Waals surface area contributed by atoms with Crippen molar-refractivity contribution in [1.29, 1.82) is 0 Å². The summed E-state index contributed by atoms with van der Waals surface area (Å²) >= 11 is 1.85. The van der Waals surface area contributed by atoms with Crippen LogP contribution in [0.1, 0.15) is 23.0 Å². The lowest BCUT2D eigenvalue weighted by molar-refractivity contribution is -0.133. The number of carbonyl (C=O) groups excluding carboxylic acids is 1. The van der Waals surface area contributed by atoms with Crippen LogP contribution in [-0.2, 0) is 4.79 Å². The molecule has 0 radical (unpaired) electrons. The lowest BCUT2D eigenvalue weighted by Gasteiger charge is -2.20. The van der Waals surface area contributed by atoms with Crippen molar-refractivity contribution in [3.63, 3.8) is 0 Å². The fraction of sp³-hybridized carbons (Fsp3) is 0.389. The van der Waals surface area contributed by atoms with E-state index in [-0.39, 0.29) is 12.5 Å². The topological polar surface area (TPSA) is 42.7 Å². The summed E-state index contributed by atoms with van der Waals surface area (Å²) < 4.78 is 11.2. The molecule has 1 fully saturated rings. The van der Waals surface area contributed by atoms with E-state index in [2.05, 4.69) is 0 Å². The van der Waals surface area contributed by atoms with E-state index in [0.29, 0.717) is 5.25 Å². The van der Waals surface area contributed by atoms with Crippen molar-refractivity contribution < 1.29 is 13.9 Å². The molecule has 1 saturated heterocycles. The van der Waals surface area contributed by atoms with Gasteiger partial charge in [0.15, 0.2) is 6.61 Å². The minimum absolute atomic E-state index is 0.0500. The van der Waals surface area contributed by atoms with Gasteiger partial charge in [0.1, 0.15) is 11.5 Å². The number of thioether (sulfide) groups is 1. The molecule has 122 valence electrons. The van der Waals surface area contributed by atoms with Gasteiger partial charge in [-0.25, -0.2) is 0 Å². The molecule has 0 aliphatic carbocycles. The minimum atomic E-state index is 0.0500. The maximum Gasteiger partial charge on any atom is 0.260 e. The Balaban J connectivity index is 1.53. The summed E-state index contributed by atoms with van der Waals surface area (Å²) in [4.78, 5) is 14.3. The van der Waals surface area contributed by atoms with Crippen molar-refractivity contribution >= 4 is 17.7 Å². The van der Waals surface area contributed by atoms with E-state index in [4.69, 9.17) is 9.15 Å². The predicted molar refractivity (Wildman–Crippen MR) is 91.8 cm³/mol. The van der Waals surface area contributed by atoms with E-state index in [1.54, 1.807) is 6.26 Å². The summed E-state index contributed by atoms with van der Waals surface area (Å²) in [6.07, 6.45) is 2.62. The summed E-state index contributed by atoms with van der Waals surface area (Å²) in [5.74, 6) is 2.74. The molecular formula is C18H21NO3S. The molecule has 1 aliphatic rings. The molecule has 3 rings (SSSR count). The largest absolute Gasteiger partial charge is 0.484 e. The molecule has 0 spiro atoms. The highest BCUT2D eigenvalue weighted by Crippen LogP contribution is 2.34. The number of ether oxygens (including phenoxy) is 1. The number of amides is 1. The number of carbonyl (C=O) groups is 1. The molecule has 5 heteroatoms. The Labute approximate surface area is 140 Å². The number of benzene rings is 1. The van der Waals surface area contributed by atoms with Gasteiger partial charge in [0.25, 0.3) is 5.91 Å². The van der Waals surface area contributed by atoms with Crippen molar-refractivity contribution in [2.75, 3.05) is 25.4 Å². The van der Waals surface area contributed by atoms with Crippen LogP contribution in [0.25, 0.3) is 0 Å². The van der Waals surface area contributed by atoms with E-state index < -0.39 is 0 Å². The minimum Gasteiger partial charge on any atom is -0.484 e. The van der Waals surface area contributed by atoms with Crippen LogP contribution in [0.5, 0.6) is 5.75 Å². The van der Waals surface area contributed by atoms with Crippen molar-refractivity contribution in [2.45, 2.75) is 18.6 Å². The first-order valence-electron chi connectivity index (χ1n) is 7.85. The zero-order valence-electron chi connectivity index (χ0n) is 13.2. The Morgan fingerprint density at radius 2 is 2.17 bits per heavy atom. The highest BCUT2D eigenvalue weighted by Gasteiger charge is 2.23. The number of nitrogens with zero attached hydrogens (tertiary/aromatic N) is 1. The third kappa shape index (κ3) is 4.10. The zero-order valence-corrected chi connectivity index (χ0v) is 14.1. The molecule has 0 bridgehead atoms. The second-order valence-corrected chi connectivity index (χ2v) is 6.91. The number of rotatable bonds is 4. The van der Waals surface area contributed by atoms with Crippen LogP contribution in [0.15, 0.2) is 47.1 Å². The van der Waals surface area contributed by atoms with Crippen LogP contribution in [0, 0.1) is 6.92 Å². The molecular weight excluding hydrogens is 310 g/mol. The summed E-state index contributed by atoms with van der Waals surface area (Å²) in [7, 11) is 0.